The van der Waals surface area contributed by atoms with E-state index >= 15 is 0 Å². The Morgan fingerprint density at radius 2 is 2.18 bits per heavy atom. The SMILES string of the molecule is CC(=O)C1CCN(c2ccc(C#N)cn2)CC1. The van der Waals surface area contributed by atoms with Crippen LogP contribution in [0.4, 0.5) is 5.82 Å². The summed E-state index contributed by atoms with van der Waals surface area (Å²) in [5, 5.41) is 8.69. The molecule has 2 heterocycles. The molecule has 0 radical (unpaired) electrons. The summed E-state index contributed by atoms with van der Waals surface area (Å²) in [4.78, 5) is 17.7. The molecule has 1 aliphatic heterocycles. The third kappa shape index (κ3) is 2.62. The van der Waals surface area contributed by atoms with Gasteiger partial charge < -0.3 is 4.90 Å². The summed E-state index contributed by atoms with van der Waals surface area (Å²) in [5.41, 5.74) is 0.576. The topological polar surface area (TPSA) is 57.0 Å². The van der Waals surface area contributed by atoms with Crippen LogP contribution in [0.1, 0.15) is 25.3 Å². The number of carbonyl (C=O) groups is 1. The quantitative estimate of drug-likeness (QED) is 0.775. The second kappa shape index (κ2) is 4.96. The third-order valence-electron chi connectivity index (χ3n) is 3.27. The molecule has 4 nitrogen and oxygen atoms in total. The minimum absolute atomic E-state index is 0.213. The number of rotatable bonds is 2. The molecule has 0 atom stereocenters. The van der Waals surface area contributed by atoms with Gasteiger partial charge in [-0.15, -0.1) is 0 Å². The molecule has 1 aliphatic rings. The molecule has 0 unspecified atom stereocenters. The molecule has 2 rings (SSSR count). The van der Waals surface area contributed by atoms with Gasteiger partial charge in [-0.2, -0.15) is 5.26 Å². The maximum Gasteiger partial charge on any atom is 0.133 e. The Kier molecular flexibility index (Phi) is 3.38. The van der Waals surface area contributed by atoms with Crippen LogP contribution in [0.5, 0.6) is 0 Å². The number of piperidine rings is 1. The normalized spacial score (nSPS) is 16.6. The van der Waals surface area contributed by atoms with Crippen LogP contribution in [0.15, 0.2) is 18.3 Å². The Morgan fingerprint density at radius 1 is 1.47 bits per heavy atom. The van der Waals surface area contributed by atoms with Gasteiger partial charge in [0, 0.05) is 25.2 Å². The zero-order valence-electron chi connectivity index (χ0n) is 9.89. The molecule has 1 saturated heterocycles. The van der Waals surface area contributed by atoms with Crippen LogP contribution >= 0.6 is 0 Å². The smallest absolute Gasteiger partial charge is 0.133 e. The fourth-order valence-electron chi connectivity index (χ4n) is 2.15. The first-order valence-electron chi connectivity index (χ1n) is 5.82. The van der Waals surface area contributed by atoms with Gasteiger partial charge >= 0.3 is 0 Å². The highest BCUT2D eigenvalue weighted by Crippen LogP contribution is 2.22. The highest BCUT2D eigenvalue weighted by atomic mass is 16.1. The van der Waals surface area contributed by atoms with Crippen LogP contribution in [0.2, 0.25) is 0 Å². The largest absolute Gasteiger partial charge is 0.357 e. The van der Waals surface area contributed by atoms with Crippen molar-refractivity contribution in [3.8, 4) is 6.07 Å². The average molecular weight is 229 g/mol. The molecule has 88 valence electrons. The van der Waals surface area contributed by atoms with E-state index in [1.165, 1.54) is 0 Å². The minimum Gasteiger partial charge on any atom is -0.357 e. The lowest BCUT2D eigenvalue weighted by atomic mass is 9.93. The van der Waals surface area contributed by atoms with Crippen molar-refractivity contribution >= 4 is 11.6 Å². The number of carbonyl (C=O) groups excluding carboxylic acids is 1. The molecule has 0 N–H and O–H groups in total. The van der Waals surface area contributed by atoms with E-state index in [1.807, 2.05) is 6.07 Å². The molecule has 0 aliphatic carbocycles. The first kappa shape index (κ1) is 11.6. The molecule has 0 saturated carbocycles. The fourth-order valence-corrected chi connectivity index (χ4v) is 2.15. The number of pyridine rings is 1. The van der Waals surface area contributed by atoms with Crippen molar-refractivity contribution in [1.82, 2.24) is 4.98 Å². The summed E-state index contributed by atoms with van der Waals surface area (Å²) in [7, 11) is 0. The number of hydrogen-bond acceptors (Lipinski definition) is 4. The number of anilines is 1. The van der Waals surface area contributed by atoms with Crippen molar-refractivity contribution < 1.29 is 4.79 Å². The molecule has 0 spiro atoms. The highest BCUT2D eigenvalue weighted by molar-refractivity contribution is 5.78. The van der Waals surface area contributed by atoms with Crippen LogP contribution in [-0.4, -0.2) is 23.9 Å². The van der Waals surface area contributed by atoms with E-state index in [1.54, 1.807) is 19.2 Å². The van der Waals surface area contributed by atoms with E-state index in [9.17, 15) is 4.79 Å². The van der Waals surface area contributed by atoms with Gasteiger partial charge in [-0.25, -0.2) is 4.98 Å². The predicted octanol–water partition coefficient (Wildman–Crippen LogP) is 1.76. The lowest BCUT2D eigenvalue weighted by Gasteiger charge is -2.31. The minimum atomic E-state index is 0.213. The third-order valence-corrected chi connectivity index (χ3v) is 3.27. The summed E-state index contributed by atoms with van der Waals surface area (Å²) in [6, 6.07) is 5.70. The van der Waals surface area contributed by atoms with Crippen molar-refractivity contribution in [3.05, 3.63) is 23.9 Å². The Bertz CT molecular complexity index is 439. The van der Waals surface area contributed by atoms with Crippen LogP contribution < -0.4 is 4.90 Å². The Hall–Kier alpha value is -1.89. The first-order valence-corrected chi connectivity index (χ1v) is 5.82. The Balaban J connectivity index is 2.00. The Morgan fingerprint density at radius 3 is 2.65 bits per heavy atom. The number of ketones is 1. The summed E-state index contributed by atoms with van der Waals surface area (Å²) < 4.78 is 0. The molecule has 0 bridgehead atoms. The lowest BCUT2D eigenvalue weighted by Crippen LogP contribution is -2.36. The van der Waals surface area contributed by atoms with E-state index in [2.05, 4.69) is 16.0 Å². The number of hydrogen-bond donors (Lipinski definition) is 0. The second-order valence-electron chi connectivity index (χ2n) is 4.39. The van der Waals surface area contributed by atoms with Crippen LogP contribution in [0, 0.1) is 17.2 Å². The highest BCUT2D eigenvalue weighted by Gasteiger charge is 2.22. The number of aromatic nitrogens is 1. The van der Waals surface area contributed by atoms with Gasteiger partial charge in [0.1, 0.15) is 17.7 Å². The van der Waals surface area contributed by atoms with Crippen molar-refractivity contribution in [2.45, 2.75) is 19.8 Å². The first-order chi connectivity index (χ1) is 8.20. The molecule has 1 fully saturated rings. The van der Waals surface area contributed by atoms with E-state index in [-0.39, 0.29) is 11.7 Å². The van der Waals surface area contributed by atoms with Gasteiger partial charge in [-0.1, -0.05) is 0 Å². The van der Waals surface area contributed by atoms with Crippen molar-refractivity contribution in [1.29, 1.82) is 5.26 Å². The zero-order valence-corrected chi connectivity index (χ0v) is 9.89. The van der Waals surface area contributed by atoms with Gasteiger partial charge in [0.2, 0.25) is 0 Å². The number of Topliss-reactive ketones (excluding diaryl/α,β-unsaturated/α-hetero) is 1. The van der Waals surface area contributed by atoms with Gasteiger partial charge in [0.05, 0.1) is 5.56 Å². The van der Waals surface area contributed by atoms with Gasteiger partial charge in [-0.3, -0.25) is 4.79 Å². The number of nitriles is 1. The van der Waals surface area contributed by atoms with Crippen molar-refractivity contribution in [3.63, 3.8) is 0 Å². The summed E-state index contributed by atoms with van der Waals surface area (Å²) in [6.45, 7) is 3.40. The predicted molar refractivity (Wildman–Crippen MR) is 64.6 cm³/mol. The molecule has 17 heavy (non-hydrogen) atoms. The number of nitrogens with zero attached hydrogens (tertiary/aromatic N) is 3. The van der Waals surface area contributed by atoms with E-state index < -0.39 is 0 Å². The molecule has 0 amide bonds. The summed E-state index contributed by atoms with van der Waals surface area (Å²) in [5.74, 6) is 1.40. The van der Waals surface area contributed by atoms with E-state index in [0.717, 1.165) is 31.7 Å². The average Bonchev–Trinajstić information content (AvgIpc) is 2.39. The maximum absolute atomic E-state index is 11.3. The molecule has 4 heteroatoms. The van der Waals surface area contributed by atoms with Gasteiger partial charge in [0.25, 0.3) is 0 Å². The van der Waals surface area contributed by atoms with Crippen molar-refractivity contribution in [2.24, 2.45) is 5.92 Å². The van der Waals surface area contributed by atoms with Crippen LogP contribution in [0.25, 0.3) is 0 Å². The van der Waals surface area contributed by atoms with Gasteiger partial charge in [-0.05, 0) is 31.9 Å². The van der Waals surface area contributed by atoms with Crippen molar-refractivity contribution in [2.75, 3.05) is 18.0 Å². The van der Waals surface area contributed by atoms with Gasteiger partial charge in [0.15, 0.2) is 0 Å². The molecule has 1 aromatic rings. The fraction of sp³-hybridized carbons (Fsp3) is 0.462. The molecule has 1 aromatic heterocycles. The monoisotopic (exact) mass is 229 g/mol. The second-order valence-corrected chi connectivity index (χ2v) is 4.39. The zero-order chi connectivity index (χ0) is 12.3. The standard InChI is InChI=1S/C13H15N3O/c1-10(17)12-4-6-16(7-5-12)13-3-2-11(8-14)9-15-13/h2-3,9,12H,4-7H2,1H3. The van der Waals surface area contributed by atoms with Crippen LogP contribution in [0.3, 0.4) is 0 Å². The van der Waals surface area contributed by atoms with E-state index in [4.69, 9.17) is 5.26 Å². The van der Waals surface area contributed by atoms with Crippen LogP contribution in [-0.2, 0) is 4.79 Å². The summed E-state index contributed by atoms with van der Waals surface area (Å²) in [6.07, 6.45) is 3.39. The maximum atomic E-state index is 11.3. The Labute approximate surface area is 101 Å². The summed E-state index contributed by atoms with van der Waals surface area (Å²) >= 11 is 0. The lowest BCUT2D eigenvalue weighted by molar-refractivity contribution is -0.121. The van der Waals surface area contributed by atoms with E-state index in [0.29, 0.717) is 5.56 Å². The molecular formula is C13H15N3O. The molecule has 0 aromatic carbocycles. The molecular weight excluding hydrogens is 214 g/mol.